The third-order valence-electron chi connectivity index (χ3n) is 4.13. The van der Waals surface area contributed by atoms with Crippen molar-refractivity contribution in [1.29, 1.82) is 0 Å². The topological polar surface area (TPSA) is 64.6 Å². The fraction of sp³-hybridized carbons (Fsp3) is 0.278. The van der Waals surface area contributed by atoms with Crippen molar-refractivity contribution in [3.8, 4) is 11.5 Å². The number of carbonyl (C=O) groups is 1. The van der Waals surface area contributed by atoms with Crippen molar-refractivity contribution >= 4 is 17.8 Å². The molecule has 1 fully saturated rings. The lowest BCUT2D eigenvalue weighted by Gasteiger charge is -2.14. The fourth-order valence-electron chi connectivity index (χ4n) is 2.82. The third-order valence-corrected chi connectivity index (χ3v) is 4.13. The number of rotatable bonds is 4. The summed E-state index contributed by atoms with van der Waals surface area (Å²) in [5.74, 6) is 1.93. The van der Waals surface area contributed by atoms with Crippen LogP contribution < -0.4 is 14.4 Å². The van der Waals surface area contributed by atoms with Gasteiger partial charge in [-0.1, -0.05) is 0 Å². The average Bonchev–Trinajstić information content (AvgIpc) is 3.30. The first-order chi connectivity index (χ1) is 11.8. The van der Waals surface area contributed by atoms with Gasteiger partial charge in [0.05, 0.1) is 0 Å². The lowest BCUT2D eigenvalue weighted by molar-refractivity contribution is 0.104. The van der Waals surface area contributed by atoms with E-state index in [9.17, 15) is 4.79 Å². The number of hydrogen-bond donors (Lipinski definition) is 0. The minimum atomic E-state index is -0.100. The largest absolute Gasteiger partial charge is 0.454 e. The Morgan fingerprint density at radius 1 is 1.08 bits per heavy atom. The zero-order valence-electron chi connectivity index (χ0n) is 13.1. The molecule has 6 nitrogen and oxygen atoms in total. The molecule has 24 heavy (non-hydrogen) atoms. The SMILES string of the molecule is O=C(/C=C/c1cnc(N2CCCC2)nc1)c1ccc2c(c1)OCO2. The molecule has 1 aromatic heterocycles. The molecule has 0 amide bonds. The van der Waals surface area contributed by atoms with Crippen molar-refractivity contribution in [2.45, 2.75) is 12.8 Å². The van der Waals surface area contributed by atoms with Crippen LogP contribution in [0.5, 0.6) is 11.5 Å². The maximum absolute atomic E-state index is 12.3. The molecule has 2 aliphatic rings. The smallest absolute Gasteiger partial charge is 0.231 e. The summed E-state index contributed by atoms with van der Waals surface area (Å²) < 4.78 is 10.5. The van der Waals surface area contributed by atoms with Crippen LogP contribution in [0.25, 0.3) is 6.08 Å². The lowest BCUT2D eigenvalue weighted by atomic mass is 10.1. The van der Waals surface area contributed by atoms with Crippen LogP contribution in [-0.4, -0.2) is 35.6 Å². The molecule has 0 N–H and O–H groups in total. The summed E-state index contributed by atoms with van der Waals surface area (Å²) in [5, 5.41) is 0. The predicted octanol–water partition coefficient (Wildman–Crippen LogP) is 2.70. The molecule has 0 atom stereocenters. The molecule has 0 aliphatic carbocycles. The highest BCUT2D eigenvalue weighted by Crippen LogP contribution is 2.32. The predicted molar refractivity (Wildman–Crippen MR) is 89.4 cm³/mol. The van der Waals surface area contributed by atoms with Crippen molar-refractivity contribution in [3.63, 3.8) is 0 Å². The van der Waals surface area contributed by atoms with Gasteiger partial charge < -0.3 is 14.4 Å². The van der Waals surface area contributed by atoms with Crippen LogP contribution in [0.4, 0.5) is 5.95 Å². The van der Waals surface area contributed by atoms with Crippen LogP contribution in [0.2, 0.25) is 0 Å². The minimum Gasteiger partial charge on any atom is -0.454 e. The van der Waals surface area contributed by atoms with E-state index in [0.717, 1.165) is 24.6 Å². The normalized spacial score (nSPS) is 16.1. The Kier molecular flexibility index (Phi) is 3.86. The molecule has 1 saturated heterocycles. The number of ketones is 1. The van der Waals surface area contributed by atoms with Crippen LogP contribution in [0.3, 0.4) is 0 Å². The Balaban J connectivity index is 1.45. The van der Waals surface area contributed by atoms with E-state index in [1.54, 1.807) is 36.7 Å². The van der Waals surface area contributed by atoms with Crippen LogP contribution in [0.1, 0.15) is 28.8 Å². The number of nitrogens with zero attached hydrogens (tertiary/aromatic N) is 3. The summed E-state index contributed by atoms with van der Waals surface area (Å²) in [5.41, 5.74) is 1.36. The highest BCUT2D eigenvalue weighted by molar-refractivity contribution is 6.07. The molecule has 1 aromatic carbocycles. The van der Waals surface area contributed by atoms with Gasteiger partial charge in [0.15, 0.2) is 17.3 Å². The minimum absolute atomic E-state index is 0.100. The van der Waals surface area contributed by atoms with Crippen molar-refractivity contribution in [2.24, 2.45) is 0 Å². The second kappa shape index (κ2) is 6.31. The molecule has 6 heteroatoms. The molecular formula is C18H17N3O3. The van der Waals surface area contributed by atoms with Crippen LogP contribution >= 0.6 is 0 Å². The van der Waals surface area contributed by atoms with E-state index in [-0.39, 0.29) is 12.6 Å². The summed E-state index contributed by atoms with van der Waals surface area (Å²) in [4.78, 5) is 23.2. The second-order valence-electron chi connectivity index (χ2n) is 5.78. The number of allylic oxidation sites excluding steroid dienone is 1. The molecule has 0 bridgehead atoms. The zero-order valence-corrected chi connectivity index (χ0v) is 13.1. The van der Waals surface area contributed by atoms with Gasteiger partial charge in [-0.05, 0) is 43.2 Å². The van der Waals surface area contributed by atoms with E-state index < -0.39 is 0 Å². The van der Waals surface area contributed by atoms with E-state index >= 15 is 0 Å². The van der Waals surface area contributed by atoms with Gasteiger partial charge in [-0.3, -0.25) is 4.79 Å². The molecule has 0 saturated carbocycles. The Morgan fingerprint density at radius 2 is 1.83 bits per heavy atom. The molecule has 3 heterocycles. The quantitative estimate of drug-likeness (QED) is 0.637. The third kappa shape index (κ3) is 2.95. The summed E-state index contributed by atoms with van der Waals surface area (Å²) in [6, 6.07) is 5.17. The number of aromatic nitrogens is 2. The van der Waals surface area contributed by atoms with E-state index in [1.807, 2.05) is 0 Å². The zero-order chi connectivity index (χ0) is 16.4. The number of benzene rings is 1. The highest BCUT2D eigenvalue weighted by Gasteiger charge is 2.15. The highest BCUT2D eigenvalue weighted by atomic mass is 16.7. The molecule has 0 unspecified atom stereocenters. The summed E-state index contributed by atoms with van der Waals surface area (Å²) in [6.45, 7) is 2.22. The molecule has 4 rings (SSSR count). The van der Waals surface area contributed by atoms with Crippen molar-refractivity contribution in [2.75, 3.05) is 24.8 Å². The van der Waals surface area contributed by atoms with E-state index in [4.69, 9.17) is 9.47 Å². The number of carbonyl (C=O) groups excluding carboxylic acids is 1. The van der Waals surface area contributed by atoms with Gasteiger partial charge >= 0.3 is 0 Å². The van der Waals surface area contributed by atoms with Crippen LogP contribution in [-0.2, 0) is 0 Å². The molecular weight excluding hydrogens is 306 g/mol. The Hall–Kier alpha value is -2.89. The van der Waals surface area contributed by atoms with Gasteiger partial charge in [-0.2, -0.15) is 0 Å². The van der Waals surface area contributed by atoms with Crippen molar-refractivity contribution in [1.82, 2.24) is 9.97 Å². The lowest BCUT2D eigenvalue weighted by Crippen LogP contribution is -2.20. The molecule has 0 spiro atoms. The van der Waals surface area contributed by atoms with Crippen molar-refractivity contribution < 1.29 is 14.3 Å². The summed E-state index contributed by atoms with van der Waals surface area (Å²) in [6.07, 6.45) is 9.10. The monoisotopic (exact) mass is 323 g/mol. The van der Waals surface area contributed by atoms with E-state index in [1.165, 1.54) is 18.9 Å². The summed E-state index contributed by atoms with van der Waals surface area (Å²) in [7, 11) is 0. The Labute approximate surface area is 139 Å². The number of ether oxygens (including phenoxy) is 2. The molecule has 0 radical (unpaired) electrons. The fourth-order valence-corrected chi connectivity index (χ4v) is 2.82. The maximum Gasteiger partial charge on any atom is 0.231 e. The Morgan fingerprint density at radius 3 is 2.62 bits per heavy atom. The van der Waals surface area contributed by atoms with Gasteiger partial charge in [0, 0.05) is 36.6 Å². The number of fused-ring (bicyclic) bond motifs is 1. The summed E-state index contributed by atoms with van der Waals surface area (Å²) >= 11 is 0. The van der Waals surface area contributed by atoms with Crippen molar-refractivity contribution in [3.05, 3.63) is 47.8 Å². The maximum atomic E-state index is 12.3. The van der Waals surface area contributed by atoms with Gasteiger partial charge in [-0.15, -0.1) is 0 Å². The van der Waals surface area contributed by atoms with Gasteiger partial charge in [0.25, 0.3) is 0 Å². The second-order valence-corrected chi connectivity index (χ2v) is 5.78. The number of anilines is 1. The van der Waals surface area contributed by atoms with Gasteiger partial charge in [0.2, 0.25) is 12.7 Å². The first kappa shape index (κ1) is 14.7. The molecule has 122 valence electrons. The Bertz CT molecular complexity index is 781. The first-order valence-corrected chi connectivity index (χ1v) is 7.99. The standard InChI is InChI=1S/C18H17N3O3/c22-15(14-4-6-16-17(9-14)24-12-23-16)5-3-13-10-19-18(20-11-13)21-7-1-2-8-21/h3-6,9-11H,1-2,7-8,12H2/b5-3+. The van der Waals surface area contributed by atoms with Crippen LogP contribution in [0.15, 0.2) is 36.7 Å². The average molecular weight is 323 g/mol. The van der Waals surface area contributed by atoms with E-state index in [2.05, 4.69) is 14.9 Å². The van der Waals surface area contributed by atoms with Crippen LogP contribution in [0, 0.1) is 0 Å². The molecule has 2 aromatic rings. The van der Waals surface area contributed by atoms with Gasteiger partial charge in [0.1, 0.15) is 0 Å². The van der Waals surface area contributed by atoms with E-state index in [0.29, 0.717) is 17.1 Å². The molecule has 2 aliphatic heterocycles. The number of hydrogen-bond acceptors (Lipinski definition) is 6. The van der Waals surface area contributed by atoms with Gasteiger partial charge in [-0.25, -0.2) is 9.97 Å². The first-order valence-electron chi connectivity index (χ1n) is 7.99.